The monoisotopic (exact) mass is 401 g/mol. The van der Waals surface area contributed by atoms with E-state index in [1.807, 2.05) is 24.3 Å². The Balaban J connectivity index is 1.83. The highest BCUT2D eigenvalue weighted by Crippen LogP contribution is 2.25. The molecule has 2 aromatic heterocycles. The van der Waals surface area contributed by atoms with Gasteiger partial charge in [-0.2, -0.15) is 9.50 Å². The molecule has 0 N–H and O–H groups in total. The maximum absolute atomic E-state index is 13.0. The zero-order valence-electron chi connectivity index (χ0n) is 12.1. The maximum Gasteiger partial charge on any atom is 0.291 e. The second-order valence-electron chi connectivity index (χ2n) is 5.08. The first kappa shape index (κ1) is 15.2. The second-order valence-corrected chi connectivity index (χ2v) is 6.94. The van der Waals surface area contributed by atoms with Gasteiger partial charge in [-0.25, -0.2) is 4.39 Å². The van der Waals surface area contributed by atoms with E-state index in [9.17, 15) is 9.18 Å². The zero-order valence-corrected chi connectivity index (χ0v) is 14.5. The first-order chi connectivity index (χ1) is 11.6. The van der Waals surface area contributed by atoms with E-state index in [1.165, 1.54) is 28.0 Å². The SMILES string of the molecule is O=c1/c(=C/c2ccc(F)cc2)sc2nc(-c3ccccc3Br)nn12. The number of hydrogen-bond acceptors (Lipinski definition) is 4. The summed E-state index contributed by atoms with van der Waals surface area (Å²) < 4.78 is 15.6. The molecular formula is C17H9BrFN3OS. The van der Waals surface area contributed by atoms with Crippen LogP contribution in [0.3, 0.4) is 0 Å². The summed E-state index contributed by atoms with van der Waals surface area (Å²) in [5.74, 6) is 0.189. The quantitative estimate of drug-likeness (QED) is 0.517. The summed E-state index contributed by atoms with van der Waals surface area (Å²) >= 11 is 4.72. The number of rotatable bonds is 2. The second kappa shape index (κ2) is 5.92. The highest BCUT2D eigenvalue weighted by Gasteiger charge is 2.13. The van der Waals surface area contributed by atoms with Crippen LogP contribution >= 0.6 is 27.3 Å². The van der Waals surface area contributed by atoms with Gasteiger partial charge in [0.25, 0.3) is 5.56 Å². The van der Waals surface area contributed by atoms with Crippen molar-refractivity contribution in [2.24, 2.45) is 0 Å². The summed E-state index contributed by atoms with van der Waals surface area (Å²) in [4.78, 5) is 17.5. The van der Waals surface area contributed by atoms with E-state index in [4.69, 9.17) is 0 Å². The van der Waals surface area contributed by atoms with Crippen molar-refractivity contribution in [3.05, 3.63) is 79.3 Å². The topological polar surface area (TPSA) is 47.3 Å². The van der Waals surface area contributed by atoms with Crippen LogP contribution in [-0.4, -0.2) is 14.6 Å². The van der Waals surface area contributed by atoms with Crippen molar-refractivity contribution in [1.82, 2.24) is 14.6 Å². The first-order valence-corrected chi connectivity index (χ1v) is 8.64. The third-order valence-electron chi connectivity index (χ3n) is 3.46. The average Bonchev–Trinajstić information content (AvgIpc) is 3.10. The van der Waals surface area contributed by atoms with Gasteiger partial charge in [-0.05, 0) is 35.9 Å². The molecule has 0 spiro atoms. The molecule has 2 heterocycles. The average molecular weight is 402 g/mol. The molecule has 0 amide bonds. The van der Waals surface area contributed by atoms with Crippen molar-refractivity contribution in [3.63, 3.8) is 0 Å². The molecule has 0 atom stereocenters. The molecule has 0 unspecified atom stereocenters. The van der Waals surface area contributed by atoms with Gasteiger partial charge < -0.3 is 0 Å². The number of halogens is 2. The number of benzene rings is 2. The van der Waals surface area contributed by atoms with Crippen LogP contribution in [0.4, 0.5) is 4.39 Å². The summed E-state index contributed by atoms with van der Waals surface area (Å²) in [7, 11) is 0. The molecule has 2 aromatic carbocycles. The lowest BCUT2D eigenvalue weighted by atomic mass is 10.2. The fourth-order valence-corrected chi connectivity index (χ4v) is 3.67. The molecule has 0 saturated heterocycles. The molecule has 0 saturated carbocycles. The van der Waals surface area contributed by atoms with Crippen LogP contribution in [0.15, 0.2) is 57.8 Å². The fourth-order valence-electron chi connectivity index (χ4n) is 2.30. The number of hydrogen-bond donors (Lipinski definition) is 0. The van der Waals surface area contributed by atoms with Crippen molar-refractivity contribution < 1.29 is 4.39 Å². The molecule has 0 bridgehead atoms. The number of aromatic nitrogens is 3. The van der Waals surface area contributed by atoms with E-state index in [-0.39, 0.29) is 11.4 Å². The fraction of sp³-hybridized carbons (Fsp3) is 0. The van der Waals surface area contributed by atoms with Crippen LogP contribution in [0.25, 0.3) is 22.4 Å². The highest BCUT2D eigenvalue weighted by molar-refractivity contribution is 9.10. The van der Waals surface area contributed by atoms with Crippen molar-refractivity contribution in [2.45, 2.75) is 0 Å². The molecule has 0 aliphatic carbocycles. The molecular weight excluding hydrogens is 393 g/mol. The van der Waals surface area contributed by atoms with Gasteiger partial charge >= 0.3 is 0 Å². The van der Waals surface area contributed by atoms with Gasteiger partial charge in [0.05, 0.1) is 4.53 Å². The van der Waals surface area contributed by atoms with Gasteiger partial charge in [0, 0.05) is 10.0 Å². The van der Waals surface area contributed by atoms with Crippen LogP contribution in [0, 0.1) is 5.82 Å². The van der Waals surface area contributed by atoms with Crippen LogP contribution in [0.5, 0.6) is 0 Å². The number of nitrogens with zero attached hydrogens (tertiary/aromatic N) is 3. The molecule has 0 aliphatic rings. The van der Waals surface area contributed by atoms with E-state index in [1.54, 1.807) is 18.2 Å². The van der Waals surface area contributed by atoms with E-state index in [0.717, 1.165) is 15.6 Å². The third kappa shape index (κ3) is 2.65. The molecule has 7 heteroatoms. The normalized spacial score (nSPS) is 12.2. The molecule has 0 radical (unpaired) electrons. The van der Waals surface area contributed by atoms with Gasteiger partial charge in [0.1, 0.15) is 5.82 Å². The minimum Gasteiger partial charge on any atom is -0.266 e. The molecule has 118 valence electrons. The lowest BCUT2D eigenvalue weighted by Gasteiger charge is -1.97. The minimum absolute atomic E-state index is 0.231. The lowest BCUT2D eigenvalue weighted by Crippen LogP contribution is -2.23. The lowest BCUT2D eigenvalue weighted by molar-refractivity contribution is 0.628. The smallest absolute Gasteiger partial charge is 0.266 e. The summed E-state index contributed by atoms with van der Waals surface area (Å²) in [6, 6.07) is 13.5. The Morgan fingerprint density at radius 3 is 2.58 bits per heavy atom. The predicted octanol–water partition coefficient (Wildman–Crippen LogP) is 3.27. The number of thiazole rings is 1. The Labute approximate surface area is 148 Å². The predicted molar refractivity (Wildman–Crippen MR) is 95.5 cm³/mol. The van der Waals surface area contributed by atoms with Crippen LogP contribution < -0.4 is 10.1 Å². The van der Waals surface area contributed by atoms with Crippen molar-refractivity contribution in [3.8, 4) is 11.4 Å². The molecule has 4 nitrogen and oxygen atoms in total. The van der Waals surface area contributed by atoms with Crippen LogP contribution in [-0.2, 0) is 0 Å². The van der Waals surface area contributed by atoms with Gasteiger partial charge in [-0.3, -0.25) is 4.79 Å². The molecule has 24 heavy (non-hydrogen) atoms. The summed E-state index contributed by atoms with van der Waals surface area (Å²) in [6.45, 7) is 0. The Kier molecular flexibility index (Phi) is 3.74. The minimum atomic E-state index is -0.310. The van der Waals surface area contributed by atoms with E-state index >= 15 is 0 Å². The Hall–Kier alpha value is -2.38. The highest BCUT2D eigenvalue weighted by atomic mass is 79.9. The van der Waals surface area contributed by atoms with Crippen LogP contribution in [0.2, 0.25) is 0 Å². The zero-order chi connectivity index (χ0) is 16.7. The summed E-state index contributed by atoms with van der Waals surface area (Å²) in [5.41, 5.74) is 1.35. The first-order valence-electron chi connectivity index (χ1n) is 7.03. The third-order valence-corrected chi connectivity index (χ3v) is 5.12. The Morgan fingerprint density at radius 1 is 1.12 bits per heavy atom. The van der Waals surface area contributed by atoms with Crippen molar-refractivity contribution >= 4 is 38.3 Å². The Bertz CT molecular complexity index is 1150. The van der Waals surface area contributed by atoms with Crippen molar-refractivity contribution in [1.29, 1.82) is 0 Å². The number of fused-ring (bicyclic) bond motifs is 1. The van der Waals surface area contributed by atoms with Crippen molar-refractivity contribution in [2.75, 3.05) is 0 Å². The van der Waals surface area contributed by atoms with Gasteiger partial charge in [-0.1, -0.05) is 51.5 Å². The molecule has 0 aliphatic heterocycles. The van der Waals surface area contributed by atoms with Gasteiger partial charge in [-0.15, -0.1) is 5.10 Å². The largest absolute Gasteiger partial charge is 0.291 e. The molecule has 4 rings (SSSR count). The van der Waals surface area contributed by atoms with Gasteiger partial charge in [0.15, 0.2) is 5.82 Å². The standard InChI is InChI=1S/C17H9BrFN3OS/c18-13-4-2-1-3-12(13)15-20-17-22(21-15)16(23)14(24-17)9-10-5-7-11(19)8-6-10/h1-9H/b14-9-. The summed E-state index contributed by atoms with van der Waals surface area (Å²) in [5, 5.41) is 4.31. The van der Waals surface area contributed by atoms with E-state index < -0.39 is 0 Å². The van der Waals surface area contributed by atoms with Crippen LogP contribution in [0.1, 0.15) is 5.56 Å². The van der Waals surface area contributed by atoms with E-state index in [0.29, 0.717) is 15.3 Å². The van der Waals surface area contributed by atoms with E-state index in [2.05, 4.69) is 26.0 Å². The molecule has 0 fully saturated rings. The molecule has 4 aromatic rings. The summed E-state index contributed by atoms with van der Waals surface area (Å²) in [6.07, 6.45) is 1.71. The van der Waals surface area contributed by atoms with Gasteiger partial charge in [0.2, 0.25) is 4.96 Å². The Morgan fingerprint density at radius 2 is 1.88 bits per heavy atom. The maximum atomic E-state index is 13.0.